The molecule has 56 valence electrons. The smallest absolute Gasteiger partial charge is 0.107 e. The van der Waals surface area contributed by atoms with Crippen LogP contribution in [0.5, 0.6) is 0 Å². The van der Waals surface area contributed by atoms with Crippen molar-refractivity contribution in [2.24, 2.45) is 0 Å². The molecular weight excluding hydrogens is 136 g/mol. The van der Waals surface area contributed by atoms with E-state index in [0.29, 0.717) is 6.42 Å². The molecule has 0 heterocycles. The Bertz CT molecular complexity index is 291. The molecule has 0 fully saturated rings. The van der Waals surface area contributed by atoms with E-state index in [-0.39, 0.29) is 0 Å². The van der Waals surface area contributed by atoms with Crippen LogP contribution in [0.15, 0.2) is 24.3 Å². The van der Waals surface area contributed by atoms with Gasteiger partial charge in [-0.3, -0.25) is 0 Å². The number of aryl methyl sites for hydroxylation is 1. The van der Waals surface area contributed by atoms with Crippen molar-refractivity contribution in [2.45, 2.75) is 13.3 Å². The predicted molar refractivity (Wildman–Crippen MR) is 44.6 cm³/mol. The van der Waals surface area contributed by atoms with Crippen molar-refractivity contribution in [2.75, 3.05) is 0 Å². The molecule has 0 amide bonds. The van der Waals surface area contributed by atoms with Gasteiger partial charge in [0, 0.05) is 6.42 Å². The topological polar surface area (TPSA) is 20.2 Å². The summed E-state index contributed by atoms with van der Waals surface area (Å²) in [6.45, 7) is 2.04. The molecule has 0 bridgehead atoms. The van der Waals surface area contributed by atoms with Crippen molar-refractivity contribution in [3.8, 4) is 12.0 Å². The first-order valence-corrected chi connectivity index (χ1v) is 3.50. The molecule has 11 heavy (non-hydrogen) atoms. The summed E-state index contributed by atoms with van der Waals surface area (Å²) in [7, 11) is 0. The van der Waals surface area contributed by atoms with Gasteiger partial charge in [-0.05, 0) is 12.5 Å². The van der Waals surface area contributed by atoms with Crippen LogP contribution >= 0.6 is 0 Å². The van der Waals surface area contributed by atoms with Crippen LogP contribution in [0.3, 0.4) is 0 Å². The van der Waals surface area contributed by atoms with Gasteiger partial charge >= 0.3 is 0 Å². The predicted octanol–water partition coefficient (Wildman–Crippen LogP) is 1.87. The van der Waals surface area contributed by atoms with Crippen LogP contribution in [-0.4, -0.2) is 5.11 Å². The Morgan fingerprint density at radius 2 is 2.27 bits per heavy atom. The van der Waals surface area contributed by atoms with Crippen molar-refractivity contribution in [1.82, 2.24) is 0 Å². The van der Waals surface area contributed by atoms with Crippen molar-refractivity contribution in [3.63, 3.8) is 0 Å². The minimum atomic E-state index is 0.623. The zero-order chi connectivity index (χ0) is 8.10. The molecule has 0 saturated carbocycles. The Balaban J connectivity index is 2.76. The molecule has 0 aliphatic heterocycles. The molecule has 0 aliphatic rings. The average Bonchev–Trinajstić information content (AvgIpc) is 2.01. The van der Waals surface area contributed by atoms with Crippen molar-refractivity contribution >= 4 is 0 Å². The van der Waals surface area contributed by atoms with Gasteiger partial charge in [-0.1, -0.05) is 35.7 Å². The summed E-state index contributed by atoms with van der Waals surface area (Å²) in [5.74, 6) is 2.60. The monoisotopic (exact) mass is 146 g/mol. The largest absolute Gasteiger partial charge is 0.462 e. The van der Waals surface area contributed by atoms with Gasteiger partial charge in [-0.25, -0.2) is 0 Å². The first-order chi connectivity index (χ1) is 5.33. The van der Waals surface area contributed by atoms with Gasteiger partial charge < -0.3 is 5.11 Å². The summed E-state index contributed by atoms with van der Waals surface area (Å²) in [5.41, 5.74) is 2.37. The van der Waals surface area contributed by atoms with Gasteiger partial charge in [-0.2, -0.15) is 0 Å². The van der Waals surface area contributed by atoms with Crippen molar-refractivity contribution in [1.29, 1.82) is 0 Å². The van der Waals surface area contributed by atoms with E-state index < -0.39 is 0 Å². The van der Waals surface area contributed by atoms with Crippen LogP contribution in [0.25, 0.3) is 0 Å². The lowest BCUT2D eigenvalue weighted by Crippen LogP contribution is -1.81. The minimum absolute atomic E-state index is 0.623. The van der Waals surface area contributed by atoms with E-state index in [1.54, 1.807) is 0 Å². The molecule has 0 atom stereocenters. The lowest BCUT2D eigenvalue weighted by atomic mass is 10.1. The molecule has 1 heteroatoms. The Kier molecular flexibility index (Phi) is 2.57. The fourth-order valence-electron chi connectivity index (χ4n) is 0.964. The Morgan fingerprint density at radius 3 is 2.91 bits per heavy atom. The number of aliphatic hydroxyl groups is 1. The minimum Gasteiger partial charge on any atom is -0.462 e. The van der Waals surface area contributed by atoms with E-state index >= 15 is 0 Å². The summed E-state index contributed by atoms with van der Waals surface area (Å²) >= 11 is 0. The summed E-state index contributed by atoms with van der Waals surface area (Å²) < 4.78 is 0. The molecule has 0 spiro atoms. The lowest BCUT2D eigenvalue weighted by Gasteiger charge is -1.95. The van der Waals surface area contributed by atoms with Crippen LogP contribution < -0.4 is 0 Å². The molecule has 1 rings (SSSR count). The van der Waals surface area contributed by atoms with E-state index in [1.165, 1.54) is 5.56 Å². The second-order valence-corrected chi connectivity index (χ2v) is 2.45. The highest BCUT2D eigenvalue weighted by Crippen LogP contribution is 2.03. The molecule has 1 aromatic carbocycles. The quantitative estimate of drug-likeness (QED) is 0.600. The van der Waals surface area contributed by atoms with Gasteiger partial charge in [0.25, 0.3) is 0 Å². The highest BCUT2D eigenvalue weighted by Gasteiger charge is 1.88. The lowest BCUT2D eigenvalue weighted by molar-refractivity contribution is 0.516. The summed E-state index contributed by atoms with van der Waals surface area (Å²) in [4.78, 5) is 0. The number of hydrogen-bond acceptors (Lipinski definition) is 1. The third-order valence-electron chi connectivity index (χ3n) is 1.45. The summed E-state index contributed by atoms with van der Waals surface area (Å²) in [5, 5.41) is 8.24. The molecule has 1 N–H and O–H groups in total. The maximum Gasteiger partial charge on any atom is 0.107 e. The van der Waals surface area contributed by atoms with E-state index in [0.717, 1.165) is 5.56 Å². The molecule has 0 saturated heterocycles. The highest BCUT2D eigenvalue weighted by molar-refractivity contribution is 5.25. The fourth-order valence-corrected chi connectivity index (χ4v) is 0.964. The maximum absolute atomic E-state index is 8.24. The van der Waals surface area contributed by atoms with Crippen LogP contribution in [0, 0.1) is 19.0 Å². The number of hydrogen-bond donors (Lipinski definition) is 1. The summed E-state index contributed by atoms with van der Waals surface area (Å²) in [6, 6.07) is 8.08. The van der Waals surface area contributed by atoms with Crippen molar-refractivity contribution < 1.29 is 5.11 Å². The molecule has 0 aromatic heterocycles. The third-order valence-corrected chi connectivity index (χ3v) is 1.45. The molecule has 0 unspecified atom stereocenters. The van der Waals surface area contributed by atoms with Crippen LogP contribution in [0.1, 0.15) is 11.1 Å². The Hall–Kier alpha value is -1.42. The fraction of sp³-hybridized carbons (Fsp3) is 0.200. The van der Waals surface area contributed by atoms with E-state index in [1.807, 2.05) is 31.2 Å². The van der Waals surface area contributed by atoms with E-state index in [9.17, 15) is 0 Å². The van der Waals surface area contributed by atoms with Crippen molar-refractivity contribution in [3.05, 3.63) is 35.4 Å². The molecule has 1 aromatic rings. The normalized spacial score (nSPS) is 8.45. The van der Waals surface area contributed by atoms with Crippen LogP contribution in [0.2, 0.25) is 0 Å². The van der Waals surface area contributed by atoms with Gasteiger partial charge in [0.15, 0.2) is 0 Å². The molecular formula is C10H10O. The number of rotatable bonds is 1. The molecule has 1 nitrogen and oxygen atoms in total. The van der Waals surface area contributed by atoms with Crippen LogP contribution in [-0.2, 0) is 6.42 Å². The van der Waals surface area contributed by atoms with E-state index in [4.69, 9.17) is 5.11 Å². The zero-order valence-corrected chi connectivity index (χ0v) is 6.46. The second-order valence-electron chi connectivity index (χ2n) is 2.45. The Morgan fingerprint density at radius 1 is 1.45 bits per heavy atom. The first kappa shape index (κ1) is 7.68. The average molecular weight is 146 g/mol. The Labute approximate surface area is 66.7 Å². The SMILES string of the molecule is Cc1cccc(CC#CO)c1. The number of benzene rings is 1. The standard InChI is InChI=1S/C10H10O/c1-9-4-2-5-10(8-9)6-3-7-11/h2,4-5,8,11H,6H2,1H3. The molecule has 0 radical (unpaired) electrons. The van der Waals surface area contributed by atoms with Crippen LogP contribution in [0.4, 0.5) is 0 Å². The van der Waals surface area contributed by atoms with Gasteiger partial charge in [0.05, 0.1) is 0 Å². The molecule has 0 aliphatic carbocycles. The van der Waals surface area contributed by atoms with Gasteiger partial charge in [0.1, 0.15) is 6.11 Å². The number of aliphatic hydroxyl groups excluding tert-OH is 1. The van der Waals surface area contributed by atoms with Gasteiger partial charge in [0.2, 0.25) is 0 Å². The highest BCUT2D eigenvalue weighted by atomic mass is 16.2. The van der Waals surface area contributed by atoms with Gasteiger partial charge in [-0.15, -0.1) is 0 Å². The first-order valence-electron chi connectivity index (χ1n) is 3.50. The second kappa shape index (κ2) is 3.68. The third kappa shape index (κ3) is 2.35. The zero-order valence-electron chi connectivity index (χ0n) is 6.46. The summed E-state index contributed by atoms with van der Waals surface area (Å²) in [6.07, 6.45) is 2.51. The maximum atomic E-state index is 8.24. The van der Waals surface area contributed by atoms with E-state index in [2.05, 4.69) is 12.0 Å².